The fourth-order valence-corrected chi connectivity index (χ4v) is 3.56. The average Bonchev–Trinajstić information content (AvgIpc) is 3.24. The van der Waals surface area contributed by atoms with E-state index in [2.05, 4.69) is 15.6 Å². The van der Waals surface area contributed by atoms with Crippen LogP contribution in [0.2, 0.25) is 5.02 Å². The molecule has 0 unspecified atom stereocenters. The highest BCUT2D eigenvalue weighted by Crippen LogP contribution is 2.14. The van der Waals surface area contributed by atoms with Gasteiger partial charge in [-0.25, -0.2) is 13.1 Å². The zero-order chi connectivity index (χ0) is 20.9. The predicted octanol–water partition coefficient (Wildman–Crippen LogP) is 2.49. The smallest absolute Gasteiger partial charge is 0.271 e. The summed E-state index contributed by atoms with van der Waals surface area (Å²) in [7, 11) is -3.77. The molecule has 150 valence electrons. The Morgan fingerprint density at radius 1 is 0.897 bits per heavy atom. The van der Waals surface area contributed by atoms with Crippen molar-refractivity contribution in [1.82, 2.24) is 15.6 Å². The first-order chi connectivity index (χ1) is 13.9. The molecule has 0 radical (unpaired) electrons. The molecular weight excluding hydrogens is 418 g/mol. The molecule has 3 N–H and O–H groups in total. The second-order valence-corrected chi connectivity index (χ2v) is 7.99. The highest BCUT2D eigenvalue weighted by molar-refractivity contribution is 7.89. The first-order valence-corrected chi connectivity index (χ1v) is 10.2. The number of halogens is 1. The van der Waals surface area contributed by atoms with Gasteiger partial charge in [0.1, 0.15) is 5.76 Å². The first kappa shape index (κ1) is 20.6. The molecule has 0 aliphatic carbocycles. The molecule has 0 atom stereocenters. The van der Waals surface area contributed by atoms with E-state index in [1.54, 1.807) is 30.3 Å². The van der Waals surface area contributed by atoms with Gasteiger partial charge in [0.15, 0.2) is 0 Å². The normalized spacial score (nSPS) is 11.1. The van der Waals surface area contributed by atoms with Crippen molar-refractivity contribution in [3.8, 4) is 0 Å². The lowest BCUT2D eigenvalue weighted by molar-refractivity contribution is 0.0846. The zero-order valence-corrected chi connectivity index (χ0v) is 16.5. The predicted molar refractivity (Wildman–Crippen MR) is 106 cm³/mol. The lowest BCUT2D eigenvalue weighted by Gasteiger charge is -2.09. The van der Waals surface area contributed by atoms with Gasteiger partial charge in [-0.3, -0.25) is 20.4 Å². The van der Waals surface area contributed by atoms with Crippen molar-refractivity contribution in [2.24, 2.45) is 0 Å². The Kier molecular flexibility index (Phi) is 6.32. The van der Waals surface area contributed by atoms with Gasteiger partial charge >= 0.3 is 0 Å². The van der Waals surface area contributed by atoms with Crippen LogP contribution in [0.5, 0.6) is 0 Å². The molecule has 8 nitrogen and oxygen atoms in total. The quantitative estimate of drug-likeness (QED) is 0.516. The molecule has 0 aliphatic heterocycles. The van der Waals surface area contributed by atoms with Gasteiger partial charge in [0.05, 0.1) is 28.3 Å². The fourth-order valence-electron chi connectivity index (χ4n) is 2.35. The third kappa shape index (κ3) is 5.23. The maximum Gasteiger partial charge on any atom is 0.271 e. The lowest BCUT2D eigenvalue weighted by Crippen LogP contribution is -2.41. The van der Waals surface area contributed by atoms with Gasteiger partial charge in [-0.2, -0.15) is 0 Å². The number of amides is 2. The van der Waals surface area contributed by atoms with Crippen LogP contribution in [0.4, 0.5) is 0 Å². The van der Waals surface area contributed by atoms with E-state index < -0.39 is 21.8 Å². The molecule has 0 aliphatic rings. The second-order valence-electron chi connectivity index (χ2n) is 5.82. The molecule has 0 bridgehead atoms. The Hall–Kier alpha value is -3.14. The van der Waals surface area contributed by atoms with E-state index in [9.17, 15) is 18.0 Å². The maximum atomic E-state index is 12.3. The summed E-state index contributed by atoms with van der Waals surface area (Å²) >= 11 is 5.93. The monoisotopic (exact) mass is 433 g/mol. The van der Waals surface area contributed by atoms with Crippen LogP contribution in [-0.4, -0.2) is 20.2 Å². The molecule has 1 heterocycles. The van der Waals surface area contributed by atoms with Crippen LogP contribution in [0.15, 0.2) is 76.2 Å². The molecule has 1 aromatic heterocycles. The van der Waals surface area contributed by atoms with E-state index in [4.69, 9.17) is 16.0 Å². The molecule has 2 aromatic carbocycles. The summed E-state index contributed by atoms with van der Waals surface area (Å²) in [4.78, 5) is 24.2. The summed E-state index contributed by atoms with van der Waals surface area (Å²) in [5, 5.41) is 0.246. The highest BCUT2D eigenvalue weighted by Gasteiger charge is 2.16. The Labute approximate surface area is 171 Å². The minimum atomic E-state index is -3.77. The number of hydrogen-bond acceptors (Lipinski definition) is 5. The maximum absolute atomic E-state index is 12.3. The lowest BCUT2D eigenvalue weighted by atomic mass is 10.2. The Morgan fingerprint density at radius 3 is 2.24 bits per heavy atom. The van der Waals surface area contributed by atoms with Gasteiger partial charge in [0, 0.05) is 5.56 Å². The summed E-state index contributed by atoms with van der Waals surface area (Å²) in [5.41, 5.74) is 4.88. The van der Waals surface area contributed by atoms with Crippen LogP contribution in [-0.2, 0) is 16.6 Å². The van der Waals surface area contributed by atoms with Crippen molar-refractivity contribution >= 4 is 33.4 Å². The Balaban J connectivity index is 1.59. The van der Waals surface area contributed by atoms with E-state index in [1.807, 2.05) is 0 Å². The average molecular weight is 434 g/mol. The molecule has 0 saturated heterocycles. The number of benzene rings is 2. The summed E-state index contributed by atoms with van der Waals surface area (Å²) in [6.07, 6.45) is 1.45. The van der Waals surface area contributed by atoms with E-state index in [-0.39, 0.29) is 27.6 Å². The summed E-state index contributed by atoms with van der Waals surface area (Å²) in [6.45, 7) is 0.00560. The molecule has 10 heteroatoms. The number of hydrazine groups is 1. The van der Waals surface area contributed by atoms with Crippen LogP contribution in [0.3, 0.4) is 0 Å². The minimum absolute atomic E-state index is 0.00560. The first-order valence-electron chi connectivity index (χ1n) is 8.34. The van der Waals surface area contributed by atoms with Gasteiger partial charge in [-0.15, -0.1) is 0 Å². The van der Waals surface area contributed by atoms with E-state index >= 15 is 0 Å². The molecule has 0 saturated carbocycles. The van der Waals surface area contributed by atoms with Gasteiger partial charge in [-0.1, -0.05) is 23.7 Å². The largest absolute Gasteiger partial charge is 0.468 e. The van der Waals surface area contributed by atoms with E-state index in [0.717, 1.165) is 0 Å². The Morgan fingerprint density at radius 2 is 1.59 bits per heavy atom. The van der Waals surface area contributed by atoms with Gasteiger partial charge in [-0.05, 0) is 48.5 Å². The third-order valence-corrected chi connectivity index (χ3v) is 5.60. The highest BCUT2D eigenvalue weighted by atomic mass is 35.5. The number of sulfonamides is 1. The van der Waals surface area contributed by atoms with Crippen molar-refractivity contribution in [2.75, 3.05) is 0 Å². The van der Waals surface area contributed by atoms with Gasteiger partial charge < -0.3 is 4.42 Å². The minimum Gasteiger partial charge on any atom is -0.468 e. The molecule has 29 heavy (non-hydrogen) atoms. The molecule has 2 amide bonds. The number of rotatable bonds is 6. The van der Waals surface area contributed by atoms with Crippen molar-refractivity contribution < 1.29 is 22.4 Å². The number of carbonyl (C=O) groups excluding carboxylic acids is 2. The third-order valence-electron chi connectivity index (χ3n) is 3.85. The number of carbonyl (C=O) groups is 2. The molecule has 0 fully saturated rings. The number of nitrogens with one attached hydrogen (secondary N) is 3. The van der Waals surface area contributed by atoms with Gasteiger partial charge in [0.25, 0.3) is 11.8 Å². The molecule has 0 spiro atoms. The number of furan rings is 1. The molecule has 3 rings (SSSR count). The van der Waals surface area contributed by atoms with Crippen molar-refractivity contribution in [3.05, 3.63) is 88.8 Å². The van der Waals surface area contributed by atoms with E-state index in [1.165, 1.54) is 36.6 Å². The zero-order valence-electron chi connectivity index (χ0n) is 14.9. The van der Waals surface area contributed by atoms with Crippen molar-refractivity contribution in [2.45, 2.75) is 11.4 Å². The topological polar surface area (TPSA) is 118 Å². The van der Waals surface area contributed by atoms with Crippen molar-refractivity contribution in [3.63, 3.8) is 0 Å². The fraction of sp³-hybridized carbons (Fsp3) is 0.0526. The summed E-state index contributed by atoms with van der Waals surface area (Å²) in [5.74, 6) is -0.720. The van der Waals surface area contributed by atoms with Crippen LogP contribution in [0, 0.1) is 0 Å². The van der Waals surface area contributed by atoms with Crippen LogP contribution in [0.25, 0.3) is 0 Å². The van der Waals surface area contributed by atoms with Gasteiger partial charge in [0.2, 0.25) is 10.0 Å². The summed E-state index contributed by atoms with van der Waals surface area (Å²) in [6, 6.07) is 14.9. The summed E-state index contributed by atoms with van der Waals surface area (Å²) < 4.78 is 32.1. The van der Waals surface area contributed by atoms with Crippen LogP contribution >= 0.6 is 11.6 Å². The van der Waals surface area contributed by atoms with Crippen molar-refractivity contribution in [1.29, 1.82) is 0 Å². The molecule has 3 aromatic rings. The standard InChI is InChI=1S/C19H16ClN3O5S/c20-17-6-2-1-5-16(17)19(25)23-22-18(24)13-7-9-15(10-8-13)29(26,27)21-12-14-4-3-11-28-14/h1-11,21H,12H2,(H,22,24)(H,23,25). The SMILES string of the molecule is O=C(NNC(=O)c1ccccc1Cl)c1ccc(S(=O)(=O)NCc2ccco2)cc1. The Bertz CT molecular complexity index is 1110. The number of hydrogen-bond donors (Lipinski definition) is 3. The second kappa shape index (κ2) is 8.91. The molecular formula is C19H16ClN3O5S. The van der Waals surface area contributed by atoms with Crippen LogP contribution < -0.4 is 15.6 Å². The van der Waals surface area contributed by atoms with E-state index in [0.29, 0.717) is 5.76 Å². The van der Waals surface area contributed by atoms with Crippen LogP contribution in [0.1, 0.15) is 26.5 Å².